The van der Waals surface area contributed by atoms with Crippen LogP contribution in [0, 0.1) is 11.8 Å². The lowest BCUT2D eigenvalue weighted by molar-refractivity contribution is 0.0885. The number of amides is 1. The minimum absolute atomic E-state index is 0.170. The van der Waals surface area contributed by atoms with Crippen molar-refractivity contribution in [2.75, 3.05) is 0 Å². The standard InChI is InChI=1S/C18H23N3O2/c1-11-7-6-10-15(12(11)2)19-17(22)16-13-8-4-5-9-14(13)18(23)21(3)20-16/h4-5,8-9,11-12,15H,6-7,10H2,1-3H3,(H,19,22)/t11-,12-,15+/m1/s1. The number of carbonyl (C=O) groups excluding carboxylic acids is 1. The van der Waals surface area contributed by atoms with Crippen molar-refractivity contribution in [3.8, 4) is 0 Å². The molecular weight excluding hydrogens is 290 g/mol. The lowest BCUT2D eigenvalue weighted by Crippen LogP contribution is -2.44. The molecule has 0 spiro atoms. The molecule has 1 aliphatic carbocycles. The first-order chi connectivity index (χ1) is 11.0. The van der Waals surface area contributed by atoms with Gasteiger partial charge in [-0.25, -0.2) is 4.68 Å². The SMILES string of the molecule is C[C@@H]1[C@H](C)CCC[C@@H]1NC(=O)c1nn(C)c(=O)c2ccccc12. The summed E-state index contributed by atoms with van der Waals surface area (Å²) in [6.07, 6.45) is 3.35. The van der Waals surface area contributed by atoms with E-state index in [-0.39, 0.29) is 17.5 Å². The quantitative estimate of drug-likeness (QED) is 0.926. The van der Waals surface area contributed by atoms with E-state index in [1.165, 1.54) is 11.1 Å². The Morgan fingerprint density at radius 3 is 2.65 bits per heavy atom. The van der Waals surface area contributed by atoms with Gasteiger partial charge in [0.05, 0.1) is 5.39 Å². The van der Waals surface area contributed by atoms with Gasteiger partial charge < -0.3 is 5.32 Å². The van der Waals surface area contributed by atoms with Gasteiger partial charge in [-0.3, -0.25) is 9.59 Å². The molecule has 0 unspecified atom stereocenters. The van der Waals surface area contributed by atoms with Crippen LogP contribution >= 0.6 is 0 Å². The Labute approximate surface area is 135 Å². The largest absolute Gasteiger partial charge is 0.348 e. The number of rotatable bonds is 2. The number of hydrogen-bond acceptors (Lipinski definition) is 3. The van der Waals surface area contributed by atoms with E-state index in [9.17, 15) is 9.59 Å². The number of aryl methyl sites for hydroxylation is 1. The van der Waals surface area contributed by atoms with Gasteiger partial charge in [0.1, 0.15) is 0 Å². The van der Waals surface area contributed by atoms with E-state index in [1.54, 1.807) is 25.2 Å². The van der Waals surface area contributed by atoms with Crippen molar-refractivity contribution in [2.24, 2.45) is 18.9 Å². The fourth-order valence-electron chi connectivity index (χ4n) is 3.49. The zero-order valence-corrected chi connectivity index (χ0v) is 13.9. The Bertz CT molecular complexity index is 796. The van der Waals surface area contributed by atoms with Crippen molar-refractivity contribution in [3.63, 3.8) is 0 Å². The molecule has 122 valence electrons. The Kier molecular flexibility index (Phi) is 4.20. The highest BCUT2D eigenvalue weighted by molar-refractivity contribution is 6.04. The monoisotopic (exact) mass is 313 g/mol. The van der Waals surface area contributed by atoms with Gasteiger partial charge in [0.25, 0.3) is 11.5 Å². The maximum atomic E-state index is 12.8. The summed E-state index contributed by atoms with van der Waals surface area (Å²) in [5.41, 5.74) is 0.143. The van der Waals surface area contributed by atoms with Gasteiger partial charge in [-0.1, -0.05) is 44.9 Å². The van der Waals surface area contributed by atoms with Gasteiger partial charge in [-0.15, -0.1) is 0 Å². The highest BCUT2D eigenvalue weighted by Crippen LogP contribution is 2.29. The Hall–Kier alpha value is -2.17. The average Bonchev–Trinajstić information content (AvgIpc) is 2.55. The van der Waals surface area contributed by atoms with E-state index < -0.39 is 0 Å². The fraction of sp³-hybridized carbons (Fsp3) is 0.500. The number of benzene rings is 1. The third-order valence-electron chi connectivity index (χ3n) is 5.19. The summed E-state index contributed by atoms with van der Waals surface area (Å²) in [6.45, 7) is 4.43. The molecule has 23 heavy (non-hydrogen) atoms. The van der Waals surface area contributed by atoms with Crippen LogP contribution in [0.1, 0.15) is 43.6 Å². The molecule has 0 saturated heterocycles. The molecule has 5 heteroatoms. The van der Waals surface area contributed by atoms with Gasteiger partial charge in [-0.2, -0.15) is 5.10 Å². The molecule has 1 N–H and O–H groups in total. The molecule has 1 saturated carbocycles. The summed E-state index contributed by atoms with van der Waals surface area (Å²) >= 11 is 0. The number of nitrogens with zero attached hydrogens (tertiary/aromatic N) is 2. The second-order valence-corrected chi connectivity index (χ2v) is 6.67. The molecule has 0 bridgehead atoms. The van der Waals surface area contributed by atoms with Gasteiger partial charge in [0, 0.05) is 18.5 Å². The minimum Gasteiger partial charge on any atom is -0.348 e. The number of hydrogen-bond donors (Lipinski definition) is 1. The highest BCUT2D eigenvalue weighted by atomic mass is 16.2. The zero-order chi connectivity index (χ0) is 16.6. The van der Waals surface area contributed by atoms with E-state index in [2.05, 4.69) is 24.3 Å². The van der Waals surface area contributed by atoms with Crippen LogP contribution in [0.15, 0.2) is 29.1 Å². The topological polar surface area (TPSA) is 64.0 Å². The lowest BCUT2D eigenvalue weighted by atomic mass is 9.78. The van der Waals surface area contributed by atoms with Crippen LogP contribution in [0.5, 0.6) is 0 Å². The van der Waals surface area contributed by atoms with Crippen LogP contribution < -0.4 is 10.9 Å². The molecular formula is C18H23N3O2. The minimum atomic E-state index is -0.192. The highest BCUT2D eigenvalue weighted by Gasteiger charge is 2.29. The van der Waals surface area contributed by atoms with Crippen molar-refractivity contribution >= 4 is 16.7 Å². The molecule has 0 radical (unpaired) electrons. The first kappa shape index (κ1) is 15.7. The molecule has 0 aliphatic heterocycles. The second kappa shape index (κ2) is 6.14. The zero-order valence-electron chi connectivity index (χ0n) is 13.9. The Balaban J connectivity index is 1.95. The summed E-state index contributed by atoms with van der Waals surface area (Å²) in [5, 5.41) is 8.48. The number of carbonyl (C=O) groups is 1. The van der Waals surface area contributed by atoms with Crippen LogP contribution in [-0.2, 0) is 7.05 Å². The second-order valence-electron chi connectivity index (χ2n) is 6.67. The van der Waals surface area contributed by atoms with E-state index in [1.807, 2.05) is 6.07 Å². The third kappa shape index (κ3) is 2.87. The van der Waals surface area contributed by atoms with Crippen molar-refractivity contribution in [2.45, 2.75) is 39.2 Å². The first-order valence-electron chi connectivity index (χ1n) is 8.26. The van der Waals surface area contributed by atoms with E-state index in [0.29, 0.717) is 28.3 Å². The summed E-state index contributed by atoms with van der Waals surface area (Å²) in [7, 11) is 1.58. The van der Waals surface area contributed by atoms with Crippen LogP contribution in [0.3, 0.4) is 0 Å². The average molecular weight is 313 g/mol. The Morgan fingerprint density at radius 1 is 1.22 bits per heavy atom. The summed E-state index contributed by atoms with van der Waals surface area (Å²) in [6, 6.07) is 7.32. The molecule has 1 amide bonds. The normalized spacial score (nSPS) is 24.6. The fourth-order valence-corrected chi connectivity index (χ4v) is 3.49. The number of fused-ring (bicyclic) bond motifs is 1. The van der Waals surface area contributed by atoms with Gasteiger partial charge >= 0.3 is 0 Å². The van der Waals surface area contributed by atoms with E-state index in [4.69, 9.17) is 0 Å². The molecule has 3 atom stereocenters. The van der Waals surface area contributed by atoms with Crippen LogP contribution in [0.25, 0.3) is 10.8 Å². The number of nitrogens with one attached hydrogen (secondary N) is 1. The van der Waals surface area contributed by atoms with Crippen molar-refractivity contribution in [1.82, 2.24) is 15.1 Å². The summed E-state index contributed by atoms with van der Waals surface area (Å²) in [5.74, 6) is 0.869. The van der Waals surface area contributed by atoms with Gasteiger partial charge in [0.2, 0.25) is 0 Å². The molecule has 1 aromatic heterocycles. The lowest BCUT2D eigenvalue weighted by Gasteiger charge is -2.34. The summed E-state index contributed by atoms with van der Waals surface area (Å²) in [4.78, 5) is 24.9. The van der Waals surface area contributed by atoms with Gasteiger partial charge in [-0.05, 0) is 24.3 Å². The van der Waals surface area contributed by atoms with Crippen molar-refractivity contribution in [1.29, 1.82) is 0 Å². The third-order valence-corrected chi connectivity index (χ3v) is 5.19. The Morgan fingerprint density at radius 2 is 1.91 bits per heavy atom. The van der Waals surface area contributed by atoms with Crippen LogP contribution in [0.2, 0.25) is 0 Å². The molecule has 1 aromatic carbocycles. The van der Waals surface area contributed by atoms with Crippen molar-refractivity contribution < 1.29 is 4.79 Å². The van der Waals surface area contributed by atoms with Crippen molar-refractivity contribution in [3.05, 3.63) is 40.3 Å². The predicted octanol–water partition coefficient (Wildman–Crippen LogP) is 2.49. The predicted molar refractivity (Wildman–Crippen MR) is 90.4 cm³/mol. The smallest absolute Gasteiger partial charge is 0.274 e. The number of aromatic nitrogens is 2. The maximum Gasteiger partial charge on any atom is 0.274 e. The molecule has 1 heterocycles. The first-order valence-corrected chi connectivity index (χ1v) is 8.26. The molecule has 2 aromatic rings. The van der Waals surface area contributed by atoms with Crippen LogP contribution in [0.4, 0.5) is 0 Å². The maximum absolute atomic E-state index is 12.8. The summed E-state index contributed by atoms with van der Waals surface area (Å²) < 4.78 is 1.24. The molecule has 5 nitrogen and oxygen atoms in total. The van der Waals surface area contributed by atoms with Crippen LogP contribution in [-0.4, -0.2) is 21.7 Å². The van der Waals surface area contributed by atoms with Gasteiger partial charge in [0.15, 0.2) is 5.69 Å². The van der Waals surface area contributed by atoms with E-state index in [0.717, 1.165) is 12.8 Å². The molecule has 1 fully saturated rings. The van der Waals surface area contributed by atoms with E-state index >= 15 is 0 Å². The molecule has 3 rings (SSSR count). The molecule has 1 aliphatic rings.